The molecule has 1 spiro atoms. The van der Waals surface area contributed by atoms with Gasteiger partial charge in [-0.25, -0.2) is 0 Å². The highest BCUT2D eigenvalue weighted by molar-refractivity contribution is 5.82. The molecule has 2 fully saturated rings. The molecule has 2 N–H and O–H groups in total. The maximum Gasteiger partial charge on any atom is 0.253 e. The fourth-order valence-electron chi connectivity index (χ4n) is 3.76. The Morgan fingerprint density at radius 1 is 1.23 bits per heavy atom. The molecule has 1 aromatic rings. The number of hydrogen-bond acceptors (Lipinski definition) is 3. The number of aliphatic hydroxyl groups excluding tert-OH is 1. The lowest BCUT2D eigenvalue weighted by Crippen LogP contribution is -2.50. The topological polar surface area (TPSA) is 58.6 Å². The van der Waals surface area contributed by atoms with Crippen LogP contribution in [0.1, 0.15) is 56.6 Å². The first-order valence-corrected chi connectivity index (χ1v) is 8.36. The van der Waals surface area contributed by atoms with Gasteiger partial charge in [0.15, 0.2) is 6.10 Å². The van der Waals surface area contributed by atoms with Gasteiger partial charge in [-0.2, -0.15) is 0 Å². The van der Waals surface area contributed by atoms with E-state index < -0.39 is 6.10 Å². The first-order valence-electron chi connectivity index (χ1n) is 8.36. The van der Waals surface area contributed by atoms with Crippen LogP contribution in [0.5, 0.6) is 0 Å². The number of nitrogens with one attached hydrogen (secondary N) is 1. The average molecular weight is 303 g/mol. The third-order valence-electron chi connectivity index (χ3n) is 4.97. The van der Waals surface area contributed by atoms with Gasteiger partial charge in [-0.3, -0.25) is 4.79 Å². The molecule has 1 saturated heterocycles. The van der Waals surface area contributed by atoms with Crippen LogP contribution in [0.15, 0.2) is 30.3 Å². The van der Waals surface area contributed by atoms with Crippen LogP contribution in [-0.2, 0) is 9.53 Å². The van der Waals surface area contributed by atoms with Crippen molar-refractivity contribution in [3.05, 3.63) is 35.9 Å². The smallest absolute Gasteiger partial charge is 0.253 e. The van der Waals surface area contributed by atoms with E-state index >= 15 is 0 Å². The lowest BCUT2D eigenvalue weighted by Gasteiger charge is -2.43. The normalized spacial score (nSPS) is 25.6. The van der Waals surface area contributed by atoms with Crippen molar-refractivity contribution in [3.8, 4) is 0 Å². The monoisotopic (exact) mass is 303 g/mol. The molecule has 1 aliphatic heterocycles. The standard InChI is InChI=1S/C18H25NO3/c20-16(14-7-3-1-4-8-14)17(21)19-15-9-12-22-18(13-15)10-5-2-6-11-18/h1,3-4,7-8,15-16,20H,2,5-6,9-13H2,(H,19,21)/t15-,16+/m1/s1. The van der Waals surface area contributed by atoms with Crippen LogP contribution in [0.4, 0.5) is 0 Å². The van der Waals surface area contributed by atoms with Gasteiger partial charge in [-0.15, -0.1) is 0 Å². The van der Waals surface area contributed by atoms with E-state index in [1.807, 2.05) is 18.2 Å². The molecule has 2 aliphatic rings. The van der Waals surface area contributed by atoms with Gasteiger partial charge in [-0.1, -0.05) is 49.6 Å². The number of carbonyl (C=O) groups is 1. The van der Waals surface area contributed by atoms with Crippen LogP contribution in [0.2, 0.25) is 0 Å². The summed E-state index contributed by atoms with van der Waals surface area (Å²) in [5.74, 6) is -0.302. The number of ether oxygens (including phenoxy) is 1. The van der Waals surface area contributed by atoms with Crippen molar-refractivity contribution in [1.82, 2.24) is 5.32 Å². The Bertz CT molecular complexity index is 491. The van der Waals surface area contributed by atoms with E-state index in [2.05, 4.69) is 5.32 Å². The molecule has 2 atom stereocenters. The van der Waals surface area contributed by atoms with Gasteiger partial charge in [0.05, 0.1) is 5.60 Å². The summed E-state index contributed by atoms with van der Waals surface area (Å²) >= 11 is 0. The molecule has 3 rings (SSSR count). The van der Waals surface area contributed by atoms with Crippen molar-refractivity contribution in [1.29, 1.82) is 0 Å². The Hall–Kier alpha value is -1.39. The third-order valence-corrected chi connectivity index (χ3v) is 4.97. The van der Waals surface area contributed by atoms with Crippen LogP contribution in [0.3, 0.4) is 0 Å². The van der Waals surface area contributed by atoms with Gasteiger partial charge in [0, 0.05) is 12.6 Å². The van der Waals surface area contributed by atoms with E-state index in [9.17, 15) is 9.90 Å². The molecule has 22 heavy (non-hydrogen) atoms. The van der Waals surface area contributed by atoms with Gasteiger partial charge in [0.1, 0.15) is 0 Å². The second kappa shape index (κ2) is 6.80. The molecule has 120 valence electrons. The van der Waals surface area contributed by atoms with E-state index in [1.54, 1.807) is 12.1 Å². The maximum absolute atomic E-state index is 12.3. The van der Waals surface area contributed by atoms with Gasteiger partial charge in [0.25, 0.3) is 5.91 Å². The fourth-order valence-corrected chi connectivity index (χ4v) is 3.76. The summed E-state index contributed by atoms with van der Waals surface area (Å²) in [4.78, 5) is 12.3. The van der Waals surface area contributed by atoms with E-state index in [1.165, 1.54) is 19.3 Å². The highest BCUT2D eigenvalue weighted by atomic mass is 16.5. The molecule has 1 heterocycles. The lowest BCUT2D eigenvalue weighted by molar-refractivity contribution is -0.135. The number of rotatable bonds is 3. The van der Waals surface area contributed by atoms with Crippen molar-refractivity contribution in [3.63, 3.8) is 0 Å². The minimum Gasteiger partial charge on any atom is -0.378 e. The minimum absolute atomic E-state index is 0.0356. The Morgan fingerprint density at radius 3 is 2.68 bits per heavy atom. The van der Waals surface area contributed by atoms with Crippen molar-refractivity contribution in [2.24, 2.45) is 0 Å². The van der Waals surface area contributed by atoms with Gasteiger partial charge in [-0.05, 0) is 31.2 Å². The average Bonchev–Trinajstić information content (AvgIpc) is 2.56. The summed E-state index contributed by atoms with van der Waals surface area (Å²) in [5.41, 5.74) is 0.603. The van der Waals surface area contributed by atoms with Gasteiger partial charge >= 0.3 is 0 Å². The molecule has 1 amide bonds. The predicted molar refractivity (Wildman–Crippen MR) is 84.3 cm³/mol. The van der Waals surface area contributed by atoms with Crippen molar-refractivity contribution in [2.75, 3.05) is 6.61 Å². The van der Waals surface area contributed by atoms with Crippen molar-refractivity contribution in [2.45, 2.75) is 62.7 Å². The maximum atomic E-state index is 12.3. The van der Waals surface area contributed by atoms with Gasteiger partial charge in [0.2, 0.25) is 0 Å². The van der Waals surface area contributed by atoms with E-state index in [-0.39, 0.29) is 17.6 Å². The largest absolute Gasteiger partial charge is 0.378 e. The first kappa shape index (κ1) is 15.5. The number of hydrogen-bond donors (Lipinski definition) is 2. The highest BCUT2D eigenvalue weighted by Gasteiger charge is 2.39. The number of aliphatic hydroxyl groups is 1. The highest BCUT2D eigenvalue weighted by Crippen LogP contribution is 2.38. The Labute approximate surface area is 131 Å². The van der Waals surface area contributed by atoms with E-state index in [4.69, 9.17) is 4.74 Å². The van der Waals surface area contributed by atoms with E-state index in [0.717, 1.165) is 25.7 Å². The zero-order chi connectivity index (χ0) is 15.4. The molecule has 1 aromatic carbocycles. The van der Waals surface area contributed by atoms with Crippen molar-refractivity contribution >= 4 is 5.91 Å². The SMILES string of the molecule is O=C(N[C@@H]1CCOC2(CCCCC2)C1)[C@@H](O)c1ccccc1. The molecule has 4 nitrogen and oxygen atoms in total. The summed E-state index contributed by atoms with van der Waals surface area (Å²) in [6.07, 6.45) is 6.53. The fraction of sp³-hybridized carbons (Fsp3) is 0.611. The summed E-state index contributed by atoms with van der Waals surface area (Å²) in [7, 11) is 0. The first-order chi connectivity index (χ1) is 10.7. The summed E-state index contributed by atoms with van der Waals surface area (Å²) < 4.78 is 6.05. The lowest BCUT2D eigenvalue weighted by atomic mass is 9.78. The number of carbonyl (C=O) groups excluding carboxylic acids is 1. The molecular formula is C18H25NO3. The molecule has 0 aromatic heterocycles. The quantitative estimate of drug-likeness (QED) is 0.902. The van der Waals surface area contributed by atoms with Crippen LogP contribution in [-0.4, -0.2) is 29.3 Å². The predicted octanol–water partition coefficient (Wildman–Crippen LogP) is 2.72. The summed E-state index contributed by atoms with van der Waals surface area (Å²) in [6.45, 7) is 0.701. The van der Waals surface area contributed by atoms with Crippen molar-refractivity contribution < 1.29 is 14.6 Å². The number of amides is 1. The van der Waals surface area contributed by atoms with Gasteiger partial charge < -0.3 is 15.2 Å². The Kier molecular flexibility index (Phi) is 4.79. The second-order valence-corrected chi connectivity index (χ2v) is 6.60. The summed E-state index contributed by atoms with van der Waals surface area (Å²) in [6, 6.07) is 9.19. The molecule has 1 saturated carbocycles. The summed E-state index contributed by atoms with van der Waals surface area (Å²) in [5, 5.41) is 13.2. The zero-order valence-corrected chi connectivity index (χ0v) is 13.0. The minimum atomic E-state index is -1.09. The van der Waals surface area contributed by atoms with Crippen LogP contribution in [0.25, 0.3) is 0 Å². The number of benzene rings is 1. The Morgan fingerprint density at radius 2 is 1.95 bits per heavy atom. The van der Waals surface area contributed by atoms with E-state index in [0.29, 0.717) is 12.2 Å². The molecule has 0 unspecified atom stereocenters. The third kappa shape index (κ3) is 3.50. The Balaban J connectivity index is 1.59. The van der Waals surface area contributed by atoms with Crippen LogP contribution >= 0.6 is 0 Å². The molecule has 0 bridgehead atoms. The molecule has 0 radical (unpaired) electrons. The zero-order valence-electron chi connectivity index (χ0n) is 13.0. The van der Waals surface area contributed by atoms with Crippen LogP contribution < -0.4 is 5.32 Å². The second-order valence-electron chi connectivity index (χ2n) is 6.60. The molecule has 1 aliphatic carbocycles. The molecular weight excluding hydrogens is 278 g/mol. The molecule has 4 heteroatoms. The van der Waals surface area contributed by atoms with Crippen LogP contribution in [0, 0.1) is 0 Å².